The van der Waals surface area contributed by atoms with Gasteiger partial charge in [-0.2, -0.15) is 0 Å². The number of aliphatic imine (C=N–C) groups is 1. The molecule has 0 bridgehead atoms. The van der Waals surface area contributed by atoms with E-state index in [1.165, 1.54) is 24.6 Å². The number of benzene rings is 2. The van der Waals surface area contributed by atoms with E-state index >= 15 is 0 Å². The van der Waals surface area contributed by atoms with Crippen LogP contribution in [0.25, 0.3) is 6.08 Å². The van der Waals surface area contributed by atoms with Gasteiger partial charge in [0.25, 0.3) is 5.91 Å². The van der Waals surface area contributed by atoms with Crippen molar-refractivity contribution in [3.05, 3.63) is 52.9 Å². The van der Waals surface area contributed by atoms with Crippen molar-refractivity contribution in [3.8, 4) is 11.5 Å². The SMILES string of the molecule is COCCCN1C(=O)C(=Cc2cc(OC)c(N3CCCC3)cc2OC)SC1=Nc1ccccc1. The molecule has 2 aromatic rings. The van der Waals surface area contributed by atoms with Crippen LogP contribution in [0.1, 0.15) is 24.8 Å². The van der Waals surface area contributed by atoms with Crippen LogP contribution in [-0.4, -0.2) is 63.5 Å². The molecule has 180 valence electrons. The molecule has 2 saturated heterocycles. The summed E-state index contributed by atoms with van der Waals surface area (Å²) in [6.07, 6.45) is 4.94. The first-order chi connectivity index (χ1) is 16.6. The molecule has 7 nitrogen and oxygen atoms in total. The number of rotatable bonds is 9. The van der Waals surface area contributed by atoms with Gasteiger partial charge >= 0.3 is 0 Å². The molecule has 2 aromatic carbocycles. The highest BCUT2D eigenvalue weighted by molar-refractivity contribution is 8.18. The molecule has 4 rings (SSSR count). The standard InChI is InChI=1S/C26H31N3O4S/c1-31-15-9-14-29-25(30)24(34-26(29)27-20-10-5-4-6-11-20)17-19-16-23(33-3)21(18-22(19)32-2)28-12-7-8-13-28/h4-6,10-11,16-18H,7-9,12-15H2,1-3H3. The Bertz CT molecular complexity index is 1070. The van der Waals surface area contributed by atoms with Gasteiger partial charge in [0, 0.05) is 45.0 Å². The van der Waals surface area contributed by atoms with E-state index in [0.29, 0.717) is 29.0 Å². The molecule has 34 heavy (non-hydrogen) atoms. The van der Waals surface area contributed by atoms with Crippen molar-refractivity contribution in [3.63, 3.8) is 0 Å². The topological polar surface area (TPSA) is 63.6 Å². The number of carbonyl (C=O) groups excluding carboxylic acids is 1. The van der Waals surface area contributed by atoms with Gasteiger partial charge < -0.3 is 19.1 Å². The van der Waals surface area contributed by atoms with E-state index in [4.69, 9.17) is 19.2 Å². The Hall–Kier alpha value is -2.97. The summed E-state index contributed by atoms with van der Waals surface area (Å²) in [6, 6.07) is 13.6. The lowest BCUT2D eigenvalue weighted by molar-refractivity contribution is -0.122. The molecule has 0 N–H and O–H groups in total. The fraction of sp³-hybridized carbons (Fsp3) is 0.385. The average molecular weight is 482 g/mol. The minimum atomic E-state index is -0.0691. The summed E-state index contributed by atoms with van der Waals surface area (Å²) in [6.45, 7) is 3.13. The Kier molecular flexibility index (Phi) is 8.13. The summed E-state index contributed by atoms with van der Waals surface area (Å²) in [4.78, 5) is 22.8. The van der Waals surface area contributed by atoms with Crippen molar-refractivity contribution in [1.29, 1.82) is 0 Å². The largest absolute Gasteiger partial charge is 0.496 e. The van der Waals surface area contributed by atoms with Gasteiger partial charge in [0.1, 0.15) is 11.5 Å². The second-order valence-electron chi connectivity index (χ2n) is 8.10. The Morgan fingerprint density at radius 2 is 1.76 bits per heavy atom. The van der Waals surface area contributed by atoms with E-state index in [2.05, 4.69) is 4.90 Å². The normalized spacial score (nSPS) is 18.4. The zero-order chi connectivity index (χ0) is 23.9. The number of hydrogen-bond acceptors (Lipinski definition) is 7. The highest BCUT2D eigenvalue weighted by Gasteiger charge is 2.33. The smallest absolute Gasteiger partial charge is 0.266 e. The molecule has 0 saturated carbocycles. The zero-order valence-electron chi connectivity index (χ0n) is 20.0. The molecule has 2 aliphatic heterocycles. The highest BCUT2D eigenvalue weighted by Crippen LogP contribution is 2.40. The van der Waals surface area contributed by atoms with E-state index in [9.17, 15) is 4.79 Å². The fourth-order valence-corrected chi connectivity index (χ4v) is 5.15. The maximum absolute atomic E-state index is 13.4. The van der Waals surface area contributed by atoms with Crippen molar-refractivity contribution in [2.75, 3.05) is 52.5 Å². The van der Waals surface area contributed by atoms with Crippen LogP contribution in [0, 0.1) is 0 Å². The van der Waals surface area contributed by atoms with Gasteiger partial charge in [-0.25, -0.2) is 4.99 Å². The minimum absolute atomic E-state index is 0.0691. The van der Waals surface area contributed by atoms with E-state index < -0.39 is 0 Å². The maximum Gasteiger partial charge on any atom is 0.266 e. The number of methoxy groups -OCH3 is 3. The van der Waals surface area contributed by atoms with Crippen LogP contribution in [0.2, 0.25) is 0 Å². The molecule has 0 radical (unpaired) electrons. The van der Waals surface area contributed by atoms with Gasteiger partial charge in [0.05, 0.1) is 30.5 Å². The number of thioether (sulfide) groups is 1. The van der Waals surface area contributed by atoms with E-state index in [1.807, 2.05) is 48.5 Å². The Morgan fingerprint density at radius 1 is 1.03 bits per heavy atom. The Labute approximate surface area is 205 Å². The number of anilines is 1. The summed E-state index contributed by atoms with van der Waals surface area (Å²) >= 11 is 1.38. The van der Waals surface area contributed by atoms with Crippen LogP contribution in [0.3, 0.4) is 0 Å². The number of ether oxygens (including phenoxy) is 3. The van der Waals surface area contributed by atoms with Crippen molar-refractivity contribution in [2.24, 2.45) is 4.99 Å². The van der Waals surface area contributed by atoms with Crippen molar-refractivity contribution in [1.82, 2.24) is 4.90 Å². The molecular weight excluding hydrogens is 450 g/mol. The molecule has 2 aliphatic rings. The third kappa shape index (κ3) is 5.39. The summed E-state index contributed by atoms with van der Waals surface area (Å²) in [5.41, 5.74) is 2.64. The van der Waals surface area contributed by atoms with Gasteiger partial charge in [0.2, 0.25) is 0 Å². The fourth-order valence-electron chi connectivity index (χ4n) is 4.13. The van der Waals surface area contributed by atoms with Crippen molar-refractivity contribution >= 4 is 40.3 Å². The quantitative estimate of drug-likeness (QED) is 0.373. The second kappa shape index (κ2) is 11.4. The molecule has 0 unspecified atom stereocenters. The molecule has 0 atom stereocenters. The van der Waals surface area contributed by atoms with Crippen LogP contribution in [0.15, 0.2) is 52.4 Å². The van der Waals surface area contributed by atoms with Gasteiger partial charge in [-0.15, -0.1) is 0 Å². The Balaban J connectivity index is 1.68. The van der Waals surface area contributed by atoms with E-state index in [-0.39, 0.29) is 5.91 Å². The summed E-state index contributed by atoms with van der Waals surface area (Å²) in [5.74, 6) is 1.42. The number of amidine groups is 1. The first kappa shape index (κ1) is 24.2. The lowest BCUT2D eigenvalue weighted by atomic mass is 10.1. The van der Waals surface area contributed by atoms with Crippen molar-refractivity contribution in [2.45, 2.75) is 19.3 Å². The summed E-state index contributed by atoms with van der Waals surface area (Å²) < 4.78 is 16.6. The van der Waals surface area contributed by atoms with Crippen LogP contribution >= 0.6 is 11.8 Å². The molecule has 2 heterocycles. The van der Waals surface area contributed by atoms with Crippen molar-refractivity contribution < 1.29 is 19.0 Å². The zero-order valence-corrected chi connectivity index (χ0v) is 20.8. The molecule has 0 aromatic heterocycles. The third-order valence-corrected chi connectivity index (χ3v) is 6.87. The number of para-hydroxylation sites is 1. The summed E-state index contributed by atoms with van der Waals surface area (Å²) in [5, 5.41) is 0.665. The lowest BCUT2D eigenvalue weighted by Gasteiger charge is -2.22. The van der Waals surface area contributed by atoms with Crippen LogP contribution in [0.4, 0.5) is 11.4 Å². The number of nitrogens with zero attached hydrogens (tertiary/aromatic N) is 3. The first-order valence-corrected chi connectivity index (χ1v) is 12.3. The molecule has 2 fully saturated rings. The predicted molar refractivity (Wildman–Crippen MR) is 138 cm³/mol. The van der Waals surface area contributed by atoms with Gasteiger partial charge in [-0.1, -0.05) is 18.2 Å². The maximum atomic E-state index is 13.4. The lowest BCUT2D eigenvalue weighted by Crippen LogP contribution is -2.30. The van der Waals surface area contributed by atoms with Crippen LogP contribution in [-0.2, 0) is 9.53 Å². The Morgan fingerprint density at radius 3 is 2.44 bits per heavy atom. The summed E-state index contributed by atoms with van der Waals surface area (Å²) in [7, 11) is 4.99. The molecule has 0 spiro atoms. The minimum Gasteiger partial charge on any atom is -0.496 e. The van der Waals surface area contributed by atoms with Crippen LogP contribution < -0.4 is 14.4 Å². The second-order valence-corrected chi connectivity index (χ2v) is 9.11. The third-order valence-electron chi connectivity index (χ3n) is 5.86. The molecular formula is C26H31N3O4S. The average Bonchev–Trinajstić information content (AvgIpc) is 3.49. The monoisotopic (exact) mass is 481 g/mol. The van der Waals surface area contributed by atoms with Gasteiger partial charge in [-0.05, 0) is 55.3 Å². The number of carbonyl (C=O) groups is 1. The van der Waals surface area contributed by atoms with Crippen LogP contribution in [0.5, 0.6) is 11.5 Å². The molecule has 0 aliphatic carbocycles. The van der Waals surface area contributed by atoms with E-state index in [1.54, 1.807) is 26.2 Å². The number of hydrogen-bond donors (Lipinski definition) is 0. The van der Waals surface area contributed by atoms with Gasteiger partial charge in [0.15, 0.2) is 5.17 Å². The predicted octanol–water partition coefficient (Wildman–Crippen LogP) is 4.94. The van der Waals surface area contributed by atoms with Gasteiger partial charge in [-0.3, -0.25) is 9.69 Å². The first-order valence-electron chi connectivity index (χ1n) is 11.5. The molecule has 1 amide bonds. The highest BCUT2D eigenvalue weighted by atomic mass is 32.2. The number of amides is 1. The van der Waals surface area contributed by atoms with E-state index in [0.717, 1.165) is 42.2 Å². The molecule has 8 heteroatoms.